The van der Waals surface area contributed by atoms with Crippen LogP contribution in [0.1, 0.15) is 32.6 Å². The second kappa shape index (κ2) is 3.29. The van der Waals surface area contributed by atoms with Gasteiger partial charge in [0.15, 0.2) is 0 Å². The van der Waals surface area contributed by atoms with Crippen molar-refractivity contribution in [1.82, 2.24) is 5.32 Å². The first-order chi connectivity index (χ1) is 5.52. The van der Waals surface area contributed by atoms with Crippen LogP contribution in [0.2, 0.25) is 0 Å². The number of halogens is 2. The third-order valence-electron chi connectivity index (χ3n) is 2.92. The third-order valence-corrected chi connectivity index (χ3v) is 2.92. The predicted molar refractivity (Wildman–Crippen MR) is 45.4 cm³/mol. The number of rotatable bonds is 2. The lowest BCUT2D eigenvalue weighted by Gasteiger charge is -2.41. The summed E-state index contributed by atoms with van der Waals surface area (Å²) in [6.45, 7) is 2.10. The summed E-state index contributed by atoms with van der Waals surface area (Å²) in [4.78, 5) is 0. The van der Waals surface area contributed by atoms with Gasteiger partial charge in [-0.1, -0.05) is 13.3 Å². The Balaban J connectivity index is 2.69. The molecule has 3 heteroatoms. The Bertz CT molecular complexity index is 155. The molecule has 0 saturated heterocycles. The van der Waals surface area contributed by atoms with E-state index in [1.54, 1.807) is 14.0 Å². The van der Waals surface area contributed by atoms with E-state index in [0.29, 0.717) is 19.4 Å². The second-order valence-corrected chi connectivity index (χ2v) is 4.00. The molecular formula is C9H17F2N. The molecule has 0 amide bonds. The van der Waals surface area contributed by atoms with Gasteiger partial charge in [-0.15, -0.1) is 0 Å². The lowest BCUT2D eigenvalue weighted by Crippen LogP contribution is -2.47. The van der Waals surface area contributed by atoms with E-state index in [-0.39, 0.29) is 6.42 Å². The van der Waals surface area contributed by atoms with Crippen LogP contribution in [0.5, 0.6) is 0 Å². The van der Waals surface area contributed by atoms with E-state index in [1.807, 2.05) is 0 Å². The van der Waals surface area contributed by atoms with Gasteiger partial charge in [0.25, 0.3) is 5.92 Å². The molecule has 0 aromatic rings. The molecule has 0 aromatic carbocycles. The SMILES string of the molecule is CNC[C@]1(C)CCCCC1(F)F. The van der Waals surface area contributed by atoms with Crippen LogP contribution >= 0.6 is 0 Å². The van der Waals surface area contributed by atoms with Gasteiger partial charge in [-0.2, -0.15) is 0 Å². The predicted octanol–water partition coefficient (Wildman–Crippen LogP) is 2.42. The van der Waals surface area contributed by atoms with Gasteiger partial charge in [-0.05, 0) is 19.9 Å². The van der Waals surface area contributed by atoms with Crippen molar-refractivity contribution in [3.05, 3.63) is 0 Å². The molecule has 0 aromatic heterocycles. The fourth-order valence-corrected chi connectivity index (χ4v) is 1.95. The van der Waals surface area contributed by atoms with Crippen LogP contribution in [0.15, 0.2) is 0 Å². The first-order valence-corrected chi connectivity index (χ1v) is 4.54. The highest BCUT2D eigenvalue weighted by atomic mass is 19.3. The molecule has 72 valence electrons. The van der Waals surface area contributed by atoms with E-state index < -0.39 is 11.3 Å². The number of nitrogens with one attached hydrogen (secondary N) is 1. The standard InChI is InChI=1S/C9H17F2N/c1-8(7-12-2)5-3-4-6-9(8,10)11/h12H,3-7H2,1-2H3/t8-/m0/s1. The zero-order chi connectivity index (χ0) is 9.24. The third kappa shape index (κ3) is 1.60. The monoisotopic (exact) mass is 177 g/mol. The highest BCUT2D eigenvalue weighted by molar-refractivity contribution is 4.93. The summed E-state index contributed by atoms with van der Waals surface area (Å²) in [6, 6.07) is 0. The van der Waals surface area contributed by atoms with Crippen molar-refractivity contribution in [3.8, 4) is 0 Å². The van der Waals surface area contributed by atoms with Crippen molar-refractivity contribution in [2.24, 2.45) is 5.41 Å². The summed E-state index contributed by atoms with van der Waals surface area (Å²) in [5.74, 6) is -2.48. The van der Waals surface area contributed by atoms with Crippen molar-refractivity contribution >= 4 is 0 Å². The summed E-state index contributed by atoms with van der Waals surface area (Å²) in [7, 11) is 1.73. The van der Waals surface area contributed by atoms with Crippen LogP contribution in [-0.2, 0) is 0 Å². The van der Waals surface area contributed by atoms with Gasteiger partial charge >= 0.3 is 0 Å². The molecule has 0 unspecified atom stereocenters. The fourth-order valence-electron chi connectivity index (χ4n) is 1.95. The van der Waals surface area contributed by atoms with Crippen molar-refractivity contribution < 1.29 is 8.78 Å². The highest BCUT2D eigenvalue weighted by Gasteiger charge is 2.50. The molecule has 0 bridgehead atoms. The Kier molecular flexibility index (Phi) is 2.71. The smallest absolute Gasteiger partial charge is 0.254 e. The van der Waals surface area contributed by atoms with E-state index in [2.05, 4.69) is 5.32 Å². The van der Waals surface area contributed by atoms with Crippen LogP contribution in [0, 0.1) is 5.41 Å². The maximum absolute atomic E-state index is 13.4. The topological polar surface area (TPSA) is 12.0 Å². The van der Waals surface area contributed by atoms with Crippen molar-refractivity contribution in [3.63, 3.8) is 0 Å². The largest absolute Gasteiger partial charge is 0.319 e. The van der Waals surface area contributed by atoms with Gasteiger partial charge in [0.05, 0.1) is 0 Å². The van der Waals surface area contributed by atoms with E-state index >= 15 is 0 Å². The average Bonchev–Trinajstić information content (AvgIpc) is 1.96. The zero-order valence-electron chi connectivity index (χ0n) is 7.79. The summed E-state index contributed by atoms with van der Waals surface area (Å²) < 4.78 is 26.8. The summed E-state index contributed by atoms with van der Waals surface area (Å²) in [5, 5.41) is 2.85. The lowest BCUT2D eigenvalue weighted by atomic mass is 9.72. The van der Waals surface area contributed by atoms with Crippen LogP contribution in [0.4, 0.5) is 8.78 Å². The molecule has 0 aliphatic heterocycles. The normalized spacial score (nSPS) is 35.0. The Morgan fingerprint density at radius 2 is 1.83 bits per heavy atom. The first-order valence-electron chi connectivity index (χ1n) is 4.54. The van der Waals surface area contributed by atoms with Crippen molar-refractivity contribution in [2.45, 2.75) is 38.5 Å². The summed E-state index contributed by atoms with van der Waals surface area (Å²) in [6.07, 6.45) is 2.31. The molecule has 0 spiro atoms. The van der Waals surface area contributed by atoms with E-state index in [0.717, 1.165) is 6.42 Å². The maximum Gasteiger partial charge on any atom is 0.254 e. The van der Waals surface area contributed by atoms with E-state index in [4.69, 9.17) is 0 Å². The minimum absolute atomic E-state index is 0.0607. The number of hydrogen-bond donors (Lipinski definition) is 1. The van der Waals surface area contributed by atoms with Gasteiger partial charge in [0, 0.05) is 18.4 Å². The molecule has 1 rings (SSSR count). The summed E-state index contributed by atoms with van der Waals surface area (Å²) >= 11 is 0. The molecule has 1 fully saturated rings. The van der Waals surface area contributed by atoms with Gasteiger partial charge in [-0.25, -0.2) is 8.78 Å². The van der Waals surface area contributed by atoms with Crippen LogP contribution in [0.25, 0.3) is 0 Å². The molecule has 1 N–H and O–H groups in total. The van der Waals surface area contributed by atoms with E-state index in [9.17, 15) is 8.78 Å². The minimum Gasteiger partial charge on any atom is -0.319 e. The van der Waals surface area contributed by atoms with Gasteiger partial charge in [-0.3, -0.25) is 0 Å². The second-order valence-electron chi connectivity index (χ2n) is 4.00. The van der Waals surface area contributed by atoms with Crippen LogP contribution in [-0.4, -0.2) is 19.5 Å². The molecule has 1 atom stereocenters. The molecule has 1 aliphatic rings. The highest BCUT2D eigenvalue weighted by Crippen LogP contribution is 2.47. The van der Waals surface area contributed by atoms with Gasteiger partial charge < -0.3 is 5.32 Å². The molecule has 1 saturated carbocycles. The fraction of sp³-hybridized carbons (Fsp3) is 1.00. The molecule has 1 aliphatic carbocycles. The Morgan fingerprint density at radius 1 is 1.25 bits per heavy atom. The lowest BCUT2D eigenvalue weighted by molar-refractivity contribution is -0.139. The Labute approximate surface area is 72.5 Å². The van der Waals surface area contributed by atoms with Crippen LogP contribution in [0.3, 0.4) is 0 Å². The zero-order valence-corrected chi connectivity index (χ0v) is 7.79. The summed E-state index contributed by atoms with van der Waals surface area (Å²) in [5.41, 5.74) is -0.819. The maximum atomic E-state index is 13.4. The molecule has 1 nitrogen and oxygen atoms in total. The number of hydrogen-bond acceptors (Lipinski definition) is 1. The van der Waals surface area contributed by atoms with Crippen molar-refractivity contribution in [1.29, 1.82) is 0 Å². The molecule has 0 heterocycles. The minimum atomic E-state index is -2.48. The van der Waals surface area contributed by atoms with Crippen molar-refractivity contribution in [2.75, 3.05) is 13.6 Å². The molecule has 12 heavy (non-hydrogen) atoms. The van der Waals surface area contributed by atoms with E-state index in [1.165, 1.54) is 0 Å². The Morgan fingerprint density at radius 3 is 2.33 bits per heavy atom. The first kappa shape index (κ1) is 9.90. The quantitative estimate of drug-likeness (QED) is 0.683. The average molecular weight is 177 g/mol. The Hall–Kier alpha value is -0.180. The van der Waals surface area contributed by atoms with Gasteiger partial charge in [0.2, 0.25) is 0 Å². The van der Waals surface area contributed by atoms with Gasteiger partial charge in [0.1, 0.15) is 0 Å². The molecule has 0 radical (unpaired) electrons. The number of alkyl halides is 2. The molecular weight excluding hydrogens is 160 g/mol. The van der Waals surface area contributed by atoms with Crippen LogP contribution < -0.4 is 5.32 Å².